The molecule has 1 aliphatic carbocycles. The second-order valence-electron chi connectivity index (χ2n) is 17.2. The predicted octanol–water partition coefficient (Wildman–Crippen LogP) is 15.4. The third-order valence-electron chi connectivity index (χ3n) is 13.0. The number of anilines is 6. The zero-order valence-electron chi connectivity index (χ0n) is 34.6. The highest BCUT2D eigenvalue weighted by atomic mass is 16.3. The normalized spacial score (nSPS) is 13.5. The third kappa shape index (κ3) is 5.79. The Hall–Kier alpha value is -5.80. The number of hydrogen-bond donors (Lipinski definition) is 0. The van der Waals surface area contributed by atoms with Gasteiger partial charge in [0.15, 0.2) is 0 Å². The summed E-state index contributed by atoms with van der Waals surface area (Å²) in [7, 11) is 0. The minimum absolute atomic E-state index is 0.00266. The Kier molecular flexibility index (Phi) is 8.43. The van der Waals surface area contributed by atoms with E-state index in [-0.39, 0.29) is 5.41 Å². The van der Waals surface area contributed by atoms with E-state index < -0.39 is 0 Å². The van der Waals surface area contributed by atoms with Gasteiger partial charge < -0.3 is 14.2 Å². The SMILES string of the molecule is Cc1ccc(N(c2ccc(C)c(C)c2)c2ccc3c(c2)oc2cc4c5c(c(N(c6ccc(C)c(C)c6)c6ccc(C)c(C)c6)ccc5c23)CCC4(C)C)cc1C. The van der Waals surface area contributed by atoms with Gasteiger partial charge in [0.05, 0.1) is 0 Å². The summed E-state index contributed by atoms with van der Waals surface area (Å²) < 4.78 is 6.94. The molecule has 7 aromatic carbocycles. The van der Waals surface area contributed by atoms with Gasteiger partial charge in [-0.15, -0.1) is 0 Å². The highest BCUT2D eigenvalue weighted by molar-refractivity contribution is 6.21. The second-order valence-corrected chi connectivity index (χ2v) is 17.2. The van der Waals surface area contributed by atoms with Crippen molar-refractivity contribution in [1.82, 2.24) is 0 Å². The summed E-state index contributed by atoms with van der Waals surface area (Å²) >= 11 is 0. The molecule has 0 bridgehead atoms. The smallest absolute Gasteiger partial charge is 0.137 e. The van der Waals surface area contributed by atoms with Crippen LogP contribution < -0.4 is 9.80 Å². The molecule has 0 amide bonds. The second kappa shape index (κ2) is 13.2. The van der Waals surface area contributed by atoms with Crippen LogP contribution in [0.2, 0.25) is 0 Å². The van der Waals surface area contributed by atoms with Crippen molar-refractivity contribution in [3.8, 4) is 0 Å². The molecule has 0 spiro atoms. The first kappa shape index (κ1) is 35.9. The molecule has 9 rings (SSSR count). The Morgan fingerprint density at radius 2 is 0.875 bits per heavy atom. The van der Waals surface area contributed by atoms with Crippen LogP contribution in [0.25, 0.3) is 32.7 Å². The molecule has 0 saturated carbocycles. The Labute approximate surface area is 332 Å². The molecule has 0 fully saturated rings. The molecule has 1 heterocycles. The van der Waals surface area contributed by atoms with Crippen LogP contribution in [-0.2, 0) is 11.8 Å². The highest BCUT2D eigenvalue weighted by Gasteiger charge is 2.33. The number of aryl methyl sites for hydroxylation is 9. The van der Waals surface area contributed by atoms with Crippen LogP contribution in [0.3, 0.4) is 0 Å². The van der Waals surface area contributed by atoms with Crippen molar-refractivity contribution in [3.63, 3.8) is 0 Å². The van der Waals surface area contributed by atoms with Gasteiger partial charge in [0.2, 0.25) is 0 Å². The maximum atomic E-state index is 6.94. The number of furan rings is 1. The van der Waals surface area contributed by atoms with Crippen molar-refractivity contribution in [3.05, 3.63) is 165 Å². The molecular weight excluding hydrogens is 681 g/mol. The highest BCUT2D eigenvalue weighted by Crippen LogP contribution is 2.51. The lowest BCUT2D eigenvalue weighted by Crippen LogP contribution is -2.24. The van der Waals surface area contributed by atoms with Crippen LogP contribution in [0.15, 0.2) is 114 Å². The average Bonchev–Trinajstić information content (AvgIpc) is 3.54. The summed E-state index contributed by atoms with van der Waals surface area (Å²) in [6, 6.07) is 41.2. The van der Waals surface area contributed by atoms with Crippen LogP contribution >= 0.6 is 0 Å². The van der Waals surface area contributed by atoms with Crippen LogP contribution in [-0.4, -0.2) is 0 Å². The first-order chi connectivity index (χ1) is 26.8. The van der Waals surface area contributed by atoms with Gasteiger partial charge in [-0.05, 0) is 213 Å². The standard InChI is InChI=1S/C53H52N2O/c1-31-11-15-39(25-35(31)5)54(40-16-12-32(2)36(6)26-40)43-19-20-45-49(29-43)56-50-30-47-51-44(23-24-53(47,9)10)48(22-21-46(51)52(45)50)55(41-17-13-33(3)37(7)27-41)42-18-14-34(4)38(8)28-42/h11-22,25-30H,23-24H2,1-10H3. The molecule has 1 aromatic heterocycles. The van der Waals surface area contributed by atoms with Gasteiger partial charge in [-0.1, -0.05) is 44.2 Å². The lowest BCUT2D eigenvalue weighted by Gasteiger charge is -2.36. The molecule has 3 heteroatoms. The fraction of sp³-hybridized carbons (Fsp3) is 0.245. The van der Waals surface area contributed by atoms with E-state index in [4.69, 9.17) is 4.42 Å². The zero-order chi connectivity index (χ0) is 39.2. The maximum absolute atomic E-state index is 6.94. The van der Waals surface area contributed by atoms with Crippen LogP contribution in [0.1, 0.15) is 75.9 Å². The van der Waals surface area contributed by atoms with E-state index in [1.807, 2.05) is 0 Å². The number of benzene rings is 7. The molecule has 3 nitrogen and oxygen atoms in total. The molecule has 0 radical (unpaired) electrons. The first-order valence-corrected chi connectivity index (χ1v) is 20.1. The molecule has 0 N–H and O–H groups in total. The van der Waals surface area contributed by atoms with Crippen LogP contribution in [0, 0.1) is 55.4 Å². The summed E-state index contributed by atoms with van der Waals surface area (Å²) in [4.78, 5) is 4.86. The van der Waals surface area contributed by atoms with E-state index in [0.29, 0.717) is 0 Å². The van der Waals surface area contributed by atoms with Crippen molar-refractivity contribution in [2.24, 2.45) is 0 Å². The summed E-state index contributed by atoms with van der Waals surface area (Å²) in [5.74, 6) is 0. The monoisotopic (exact) mass is 732 g/mol. The fourth-order valence-electron chi connectivity index (χ4n) is 8.88. The predicted molar refractivity (Wildman–Crippen MR) is 240 cm³/mol. The van der Waals surface area contributed by atoms with Gasteiger partial charge in [0.25, 0.3) is 0 Å². The molecule has 0 atom stereocenters. The summed E-state index contributed by atoms with van der Waals surface area (Å²) in [6.07, 6.45) is 2.07. The van der Waals surface area contributed by atoms with E-state index in [2.05, 4.69) is 188 Å². The van der Waals surface area contributed by atoms with E-state index in [0.717, 1.165) is 46.5 Å². The minimum Gasteiger partial charge on any atom is -0.456 e. The van der Waals surface area contributed by atoms with Gasteiger partial charge in [-0.25, -0.2) is 0 Å². The van der Waals surface area contributed by atoms with Crippen molar-refractivity contribution < 1.29 is 4.42 Å². The first-order valence-electron chi connectivity index (χ1n) is 20.1. The average molecular weight is 733 g/mol. The van der Waals surface area contributed by atoms with Gasteiger partial charge in [-0.3, -0.25) is 0 Å². The van der Waals surface area contributed by atoms with Gasteiger partial charge in [0, 0.05) is 51.0 Å². The zero-order valence-corrected chi connectivity index (χ0v) is 34.6. The lowest BCUT2D eigenvalue weighted by atomic mass is 9.71. The van der Waals surface area contributed by atoms with E-state index in [1.165, 1.54) is 88.9 Å². The molecule has 0 unspecified atom stereocenters. The molecular formula is C53H52N2O. The summed E-state index contributed by atoms with van der Waals surface area (Å²) in [5.41, 5.74) is 22.0. The number of hydrogen-bond acceptors (Lipinski definition) is 3. The number of rotatable bonds is 6. The lowest BCUT2D eigenvalue weighted by molar-refractivity contribution is 0.474. The molecule has 0 aliphatic heterocycles. The van der Waals surface area contributed by atoms with Crippen LogP contribution in [0.4, 0.5) is 34.1 Å². The van der Waals surface area contributed by atoms with Crippen molar-refractivity contribution in [1.29, 1.82) is 0 Å². The van der Waals surface area contributed by atoms with Crippen molar-refractivity contribution in [2.75, 3.05) is 9.80 Å². The van der Waals surface area contributed by atoms with E-state index >= 15 is 0 Å². The van der Waals surface area contributed by atoms with Crippen molar-refractivity contribution >= 4 is 66.8 Å². The summed E-state index contributed by atoms with van der Waals surface area (Å²) in [6.45, 7) is 22.4. The maximum Gasteiger partial charge on any atom is 0.137 e. The molecule has 280 valence electrons. The van der Waals surface area contributed by atoms with Crippen LogP contribution in [0.5, 0.6) is 0 Å². The van der Waals surface area contributed by atoms with Gasteiger partial charge in [-0.2, -0.15) is 0 Å². The van der Waals surface area contributed by atoms with E-state index in [1.54, 1.807) is 0 Å². The molecule has 1 aliphatic rings. The summed E-state index contributed by atoms with van der Waals surface area (Å²) in [5, 5.41) is 5.00. The topological polar surface area (TPSA) is 19.6 Å². The molecule has 56 heavy (non-hydrogen) atoms. The number of fused-ring (bicyclic) bond motifs is 4. The number of nitrogens with zero attached hydrogens (tertiary/aromatic N) is 2. The Morgan fingerprint density at radius 1 is 0.429 bits per heavy atom. The quantitative estimate of drug-likeness (QED) is 0.170. The van der Waals surface area contributed by atoms with E-state index in [9.17, 15) is 0 Å². The Balaban J connectivity index is 1.28. The molecule has 8 aromatic rings. The third-order valence-corrected chi connectivity index (χ3v) is 13.0. The Morgan fingerprint density at radius 3 is 1.38 bits per heavy atom. The minimum atomic E-state index is -0.00266. The molecule has 0 saturated heterocycles. The van der Waals surface area contributed by atoms with Gasteiger partial charge >= 0.3 is 0 Å². The fourth-order valence-corrected chi connectivity index (χ4v) is 8.88. The van der Waals surface area contributed by atoms with Crippen molar-refractivity contribution in [2.45, 2.75) is 87.5 Å². The Bertz CT molecular complexity index is 2790. The van der Waals surface area contributed by atoms with Gasteiger partial charge in [0.1, 0.15) is 11.2 Å². The largest absolute Gasteiger partial charge is 0.456 e.